The highest BCUT2D eigenvalue weighted by Gasteiger charge is 2.26. The summed E-state index contributed by atoms with van der Waals surface area (Å²) >= 11 is 7.46. The Balaban J connectivity index is 0.734. The average Bonchev–Trinajstić information content (AvgIpc) is 3.86. The molecule has 16 nitrogen and oxygen atoms in total. The normalized spacial score (nSPS) is 14.4. The molecule has 2 fully saturated rings. The quantitative estimate of drug-likeness (QED) is 0.0761. The second-order valence-corrected chi connectivity index (χ2v) is 17.3. The fraction of sp³-hybridized carbons (Fsp3) is 0.255. The van der Waals surface area contributed by atoms with Crippen molar-refractivity contribution in [3.63, 3.8) is 0 Å². The lowest BCUT2D eigenvalue weighted by Gasteiger charge is -2.32. The Morgan fingerprint density at radius 1 is 0.662 bits per heavy atom. The van der Waals surface area contributed by atoms with E-state index >= 15 is 8.78 Å². The maximum atomic E-state index is 15.7. The van der Waals surface area contributed by atoms with Gasteiger partial charge in [-0.1, -0.05) is 54.1 Å². The van der Waals surface area contributed by atoms with Crippen molar-refractivity contribution < 1.29 is 27.5 Å². The molecule has 7 aromatic rings. The van der Waals surface area contributed by atoms with E-state index in [9.17, 15) is 14.0 Å². The van der Waals surface area contributed by atoms with Gasteiger partial charge in [0.1, 0.15) is 30.3 Å². The number of hydrogen-bond donors (Lipinski definition) is 4. The van der Waals surface area contributed by atoms with Gasteiger partial charge in [-0.2, -0.15) is 9.97 Å². The van der Waals surface area contributed by atoms with Crippen LogP contribution in [0.25, 0.3) is 11.3 Å². The smallest absolute Gasteiger partial charge is 0.232 e. The summed E-state index contributed by atoms with van der Waals surface area (Å²) in [5.74, 6) is -1.62. The predicted molar refractivity (Wildman–Crippen MR) is 255 cm³/mol. The predicted octanol–water partition coefficient (Wildman–Crippen LogP) is 9.53. The number of rotatable bonds is 15. The second-order valence-electron chi connectivity index (χ2n) is 16.0. The van der Waals surface area contributed by atoms with Crippen molar-refractivity contribution >= 4 is 81.3 Å². The first kappa shape index (κ1) is 45.7. The van der Waals surface area contributed by atoms with Crippen LogP contribution in [0, 0.1) is 17.5 Å². The fourth-order valence-corrected chi connectivity index (χ4v) is 8.92. The SMILES string of the molecule is O=C(CCC(=O)Nc1cccc(Nc2ncnc(N3CCC(c4nc(-c5ccccc5)cs4)CC3)n2)c1F)Nc1cccc(Nc2ncnc(N3CCC(Oc4ccc(Cl)c(F)c4)CC3)n2)c1F. The van der Waals surface area contributed by atoms with Gasteiger partial charge >= 0.3 is 0 Å². The Labute approximate surface area is 397 Å². The zero-order valence-electron chi connectivity index (χ0n) is 36.2. The van der Waals surface area contributed by atoms with Gasteiger partial charge in [0, 0.05) is 74.8 Å². The highest BCUT2D eigenvalue weighted by atomic mass is 35.5. The van der Waals surface area contributed by atoms with Gasteiger partial charge in [0.25, 0.3) is 0 Å². The van der Waals surface area contributed by atoms with E-state index in [0.717, 1.165) is 29.1 Å². The largest absolute Gasteiger partial charge is 0.490 e. The van der Waals surface area contributed by atoms with Crippen molar-refractivity contribution in [3.8, 4) is 17.0 Å². The molecule has 3 aromatic heterocycles. The molecule has 2 saturated heterocycles. The zero-order chi connectivity index (χ0) is 47.0. The molecule has 5 heterocycles. The minimum Gasteiger partial charge on any atom is -0.490 e. The van der Waals surface area contributed by atoms with Crippen LogP contribution in [0.3, 0.4) is 0 Å². The van der Waals surface area contributed by atoms with Crippen LogP contribution in [-0.2, 0) is 9.59 Å². The van der Waals surface area contributed by atoms with Gasteiger partial charge in [0.2, 0.25) is 35.6 Å². The first-order chi connectivity index (χ1) is 33.1. The summed E-state index contributed by atoms with van der Waals surface area (Å²) in [7, 11) is 0. The lowest BCUT2D eigenvalue weighted by Crippen LogP contribution is -2.39. The molecule has 0 atom stereocenters. The molecule has 0 aliphatic carbocycles. The summed E-state index contributed by atoms with van der Waals surface area (Å²) in [6, 6.07) is 23.2. The Hall–Kier alpha value is -7.45. The fourth-order valence-electron chi connectivity index (χ4n) is 7.80. The summed E-state index contributed by atoms with van der Waals surface area (Å²) in [4.78, 5) is 60.7. The van der Waals surface area contributed by atoms with Crippen molar-refractivity contribution in [2.24, 2.45) is 0 Å². The number of hydrogen-bond acceptors (Lipinski definition) is 15. The molecule has 0 bridgehead atoms. The summed E-state index contributed by atoms with van der Waals surface area (Å²) in [6.45, 7) is 2.52. The summed E-state index contributed by atoms with van der Waals surface area (Å²) in [5, 5.41) is 14.0. The number of nitrogens with one attached hydrogen (secondary N) is 4. The van der Waals surface area contributed by atoms with Crippen molar-refractivity contribution in [3.05, 3.63) is 130 Å². The molecule has 4 N–H and O–H groups in total. The van der Waals surface area contributed by atoms with E-state index in [-0.39, 0.29) is 58.6 Å². The van der Waals surface area contributed by atoms with Gasteiger partial charge in [-0.05, 0) is 49.2 Å². The highest BCUT2D eigenvalue weighted by Crippen LogP contribution is 2.34. The number of thiazole rings is 1. The van der Waals surface area contributed by atoms with Crippen LogP contribution in [0.2, 0.25) is 5.02 Å². The standard InChI is InChI=1S/C47H43ClF3N13O3S/c48-32-13-12-31(24-33(32)49)67-30-18-22-64(23-19-30)47-55-27-53-45(62-47)60-37-11-5-9-35(42(37)51)57-40(66)15-14-39(65)56-34-8-4-10-36(41(34)50)59-44-52-26-54-46(61-44)63-20-16-29(17-21-63)43-58-38(25-68-43)28-6-2-1-3-7-28/h1-13,24-27,29-30H,14-23H2,(H,56,65)(H,57,66)(H,52,54,59,61)(H,53,55,60,62). The number of benzene rings is 4. The van der Waals surface area contributed by atoms with E-state index < -0.39 is 29.3 Å². The van der Waals surface area contributed by atoms with Crippen LogP contribution >= 0.6 is 22.9 Å². The second kappa shape index (κ2) is 21.0. The lowest BCUT2D eigenvalue weighted by molar-refractivity contribution is -0.121. The maximum Gasteiger partial charge on any atom is 0.232 e. The van der Waals surface area contributed by atoms with Crippen molar-refractivity contribution in [1.29, 1.82) is 0 Å². The number of carbonyl (C=O) groups is 2. The lowest BCUT2D eigenvalue weighted by atomic mass is 9.98. The minimum atomic E-state index is -0.783. The van der Waals surface area contributed by atoms with Crippen LogP contribution in [0.4, 0.5) is 59.7 Å². The van der Waals surface area contributed by atoms with Crippen LogP contribution in [0.1, 0.15) is 49.5 Å². The van der Waals surface area contributed by atoms with E-state index in [1.54, 1.807) is 23.5 Å². The van der Waals surface area contributed by atoms with E-state index in [0.29, 0.717) is 62.6 Å². The molecule has 2 aliphatic heterocycles. The number of piperidine rings is 2. The average molecular weight is 962 g/mol. The van der Waals surface area contributed by atoms with E-state index in [4.69, 9.17) is 21.3 Å². The number of carbonyl (C=O) groups excluding carboxylic acids is 2. The molecule has 21 heteroatoms. The third-order valence-electron chi connectivity index (χ3n) is 11.4. The van der Waals surface area contributed by atoms with Gasteiger partial charge < -0.3 is 35.8 Å². The molecule has 0 saturated carbocycles. The molecule has 0 unspecified atom stereocenters. The third-order valence-corrected chi connectivity index (χ3v) is 12.7. The number of nitrogens with zero attached hydrogens (tertiary/aromatic N) is 9. The molecule has 4 aromatic carbocycles. The monoisotopic (exact) mass is 961 g/mol. The van der Waals surface area contributed by atoms with Crippen LogP contribution in [-0.4, -0.2) is 79.0 Å². The van der Waals surface area contributed by atoms with Crippen molar-refractivity contribution in [1.82, 2.24) is 34.9 Å². The zero-order valence-corrected chi connectivity index (χ0v) is 37.8. The van der Waals surface area contributed by atoms with Crippen LogP contribution < -0.4 is 35.8 Å². The minimum absolute atomic E-state index is 0.0115. The molecule has 2 aliphatic rings. The molecule has 9 rings (SSSR count). The molecular formula is C47H43ClF3N13O3S. The molecular weight excluding hydrogens is 919 g/mol. The maximum absolute atomic E-state index is 15.7. The third kappa shape index (κ3) is 11.2. The number of halogens is 4. The highest BCUT2D eigenvalue weighted by molar-refractivity contribution is 7.10. The topological polar surface area (TPSA) is 188 Å². The van der Waals surface area contributed by atoms with E-state index in [2.05, 4.69) is 73.6 Å². The van der Waals surface area contributed by atoms with Gasteiger partial charge in [-0.25, -0.2) is 38.1 Å². The van der Waals surface area contributed by atoms with Crippen LogP contribution in [0.5, 0.6) is 5.75 Å². The molecule has 2 amide bonds. The Morgan fingerprint density at radius 2 is 1.21 bits per heavy atom. The Morgan fingerprint density at radius 3 is 1.76 bits per heavy atom. The van der Waals surface area contributed by atoms with Gasteiger partial charge in [0.15, 0.2) is 11.6 Å². The molecule has 348 valence electrons. The van der Waals surface area contributed by atoms with Gasteiger partial charge in [-0.15, -0.1) is 11.3 Å². The van der Waals surface area contributed by atoms with Crippen molar-refractivity contribution in [2.45, 2.75) is 50.5 Å². The summed E-state index contributed by atoms with van der Waals surface area (Å²) < 4.78 is 51.2. The number of amides is 2. The van der Waals surface area contributed by atoms with E-state index in [1.165, 1.54) is 55.1 Å². The summed E-state index contributed by atoms with van der Waals surface area (Å²) in [6.07, 6.45) is 4.87. The van der Waals surface area contributed by atoms with Crippen molar-refractivity contribution in [2.75, 3.05) is 57.2 Å². The van der Waals surface area contributed by atoms with Crippen LogP contribution in [0.15, 0.2) is 103 Å². The summed E-state index contributed by atoms with van der Waals surface area (Å²) in [5.41, 5.74) is 1.83. The van der Waals surface area contributed by atoms with E-state index in [1.807, 2.05) is 23.1 Å². The molecule has 0 spiro atoms. The Bertz CT molecular complexity index is 2900. The Kier molecular flexibility index (Phi) is 14.1. The number of ether oxygens (including phenoxy) is 1. The first-order valence-electron chi connectivity index (χ1n) is 21.8. The molecule has 68 heavy (non-hydrogen) atoms. The molecule has 0 radical (unpaired) electrons. The first-order valence-corrected chi connectivity index (χ1v) is 23.1. The van der Waals surface area contributed by atoms with Gasteiger partial charge in [-0.3, -0.25) is 9.59 Å². The number of anilines is 8. The number of aromatic nitrogens is 7. The van der Waals surface area contributed by atoms with Gasteiger partial charge in [0.05, 0.1) is 38.5 Å².